The van der Waals surface area contributed by atoms with Crippen LogP contribution in [0.25, 0.3) is 10.8 Å². The van der Waals surface area contributed by atoms with Crippen molar-refractivity contribution < 1.29 is 5.11 Å². The fraction of sp³-hybridized carbons (Fsp3) is 0.111. The maximum atomic E-state index is 10.4. The first-order valence-corrected chi connectivity index (χ1v) is 7.72. The zero-order valence-electron chi connectivity index (χ0n) is 11.0. The summed E-state index contributed by atoms with van der Waals surface area (Å²) < 4.78 is 1.18. The molecule has 3 aromatic rings. The first kappa shape index (κ1) is 13.6. The summed E-state index contributed by atoms with van der Waals surface area (Å²) in [6.07, 6.45) is 0.180. The van der Waals surface area contributed by atoms with Gasteiger partial charge < -0.3 is 5.11 Å². The maximum absolute atomic E-state index is 10.4. The average Bonchev–Trinajstić information content (AvgIpc) is 2.48. The van der Waals surface area contributed by atoms with Crippen molar-refractivity contribution in [3.63, 3.8) is 0 Å². The molecule has 0 aromatic heterocycles. The summed E-state index contributed by atoms with van der Waals surface area (Å²) in [5.41, 5.74) is 2.16. The smallest absolute Gasteiger partial charge is 0.0830 e. The SMILES string of the molecule is OC(Cc1cccc2ccccc12)c1ccc(I)cc1. The van der Waals surface area contributed by atoms with Crippen LogP contribution in [-0.4, -0.2) is 5.11 Å². The van der Waals surface area contributed by atoms with Gasteiger partial charge in [-0.1, -0.05) is 54.6 Å². The monoisotopic (exact) mass is 374 g/mol. The van der Waals surface area contributed by atoms with E-state index in [1.54, 1.807) is 0 Å². The van der Waals surface area contributed by atoms with E-state index in [4.69, 9.17) is 0 Å². The number of halogens is 1. The van der Waals surface area contributed by atoms with E-state index in [-0.39, 0.29) is 0 Å². The molecule has 0 aliphatic carbocycles. The Morgan fingerprint density at radius 2 is 1.55 bits per heavy atom. The van der Waals surface area contributed by atoms with Crippen molar-refractivity contribution in [1.29, 1.82) is 0 Å². The molecule has 0 amide bonds. The molecule has 3 aromatic carbocycles. The second-order valence-corrected chi connectivity index (χ2v) is 6.16. The molecule has 1 N–H and O–H groups in total. The highest BCUT2D eigenvalue weighted by Gasteiger charge is 2.10. The van der Waals surface area contributed by atoms with Gasteiger partial charge in [-0.2, -0.15) is 0 Å². The van der Waals surface area contributed by atoms with Crippen LogP contribution >= 0.6 is 22.6 Å². The largest absolute Gasteiger partial charge is 0.388 e. The quantitative estimate of drug-likeness (QED) is 0.658. The fourth-order valence-corrected chi connectivity index (χ4v) is 2.84. The molecule has 2 heteroatoms. The highest BCUT2D eigenvalue weighted by Crippen LogP contribution is 2.24. The Morgan fingerprint density at radius 1 is 0.850 bits per heavy atom. The molecular formula is C18H15IO. The minimum Gasteiger partial charge on any atom is -0.388 e. The van der Waals surface area contributed by atoms with E-state index in [1.807, 2.05) is 36.4 Å². The van der Waals surface area contributed by atoms with Crippen LogP contribution < -0.4 is 0 Å². The van der Waals surface area contributed by atoms with E-state index in [0.717, 1.165) is 5.56 Å². The third-order valence-electron chi connectivity index (χ3n) is 3.55. The van der Waals surface area contributed by atoms with Crippen LogP contribution in [0.2, 0.25) is 0 Å². The van der Waals surface area contributed by atoms with Crippen molar-refractivity contribution in [2.45, 2.75) is 12.5 Å². The second-order valence-electron chi connectivity index (χ2n) is 4.91. The summed E-state index contributed by atoms with van der Waals surface area (Å²) in [4.78, 5) is 0. The summed E-state index contributed by atoms with van der Waals surface area (Å²) in [6, 6.07) is 22.6. The van der Waals surface area contributed by atoms with E-state index < -0.39 is 6.10 Å². The van der Waals surface area contributed by atoms with Crippen LogP contribution in [0.1, 0.15) is 17.2 Å². The Hall–Kier alpha value is -1.39. The second kappa shape index (κ2) is 5.94. The molecule has 1 atom stereocenters. The van der Waals surface area contributed by atoms with Crippen molar-refractivity contribution in [3.8, 4) is 0 Å². The maximum Gasteiger partial charge on any atom is 0.0830 e. The van der Waals surface area contributed by atoms with Gasteiger partial charge in [0.2, 0.25) is 0 Å². The molecule has 100 valence electrons. The molecule has 0 heterocycles. The van der Waals surface area contributed by atoms with Gasteiger partial charge in [-0.05, 0) is 56.6 Å². The van der Waals surface area contributed by atoms with Crippen molar-refractivity contribution >= 4 is 33.4 Å². The molecule has 0 radical (unpaired) electrons. The number of hydrogen-bond donors (Lipinski definition) is 1. The van der Waals surface area contributed by atoms with Crippen molar-refractivity contribution in [2.75, 3.05) is 0 Å². The summed E-state index contributed by atoms with van der Waals surface area (Å²) in [6.45, 7) is 0. The fourth-order valence-electron chi connectivity index (χ4n) is 2.48. The molecule has 0 fully saturated rings. The zero-order chi connectivity index (χ0) is 13.9. The first-order valence-electron chi connectivity index (χ1n) is 6.64. The highest BCUT2D eigenvalue weighted by atomic mass is 127. The number of hydrogen-bond acceptors (Lipinski definition) is 1. The van der Waals surface area contributed by atoms with Crippen molar-refractivity contribution in [3.05, 3.63) is 81.4 Å². The number of benzene rings is 3. The number of fused-ring (bicyclic) bond motifs is 1. The van der Waals surface area contributed by atoms with Crippen LogP contribution in [-0.2, 0) is 6.42 Å². The van der Waals surface area contributed by atoms with Crippen molar-refractivity contribution in [2.24, 2.45) is 0 Å². The van der Waals surface area contributed by atoms with E-state index in [2.05, 4.69) is 52.9 Å². The van der Waals surface area contributed by atoms with Gasteiger partial charge in [0, 0.05) is 9.99 Å². The van der Waals surface area contributed by atoms with Crippen LogP contribution in [0.5, 0.6) is 0 Å². The van der Waals surface area contributed by atoms with Gasteiger partial charge in [0.1, 0.15) is 0 Å². The lowest BCUT2D eigenvalue weighted by molar-refractivity contribution is 0.179. The summed E-state index contributed by atoms with van der Waals surface area (Å²) >= 11 is 2.27. The normalized spacial score (nSPS) is 12.5. The average molecular weight is 374 g/mol. The molecule has 20 heavy (non-hydrogen) atoms. The van der Waals surface area contributed by atoms with Gasteiger partial charge in [0.25, 0.3) is 0 Å². The molecule has 0 spiro atoms. The van der Waals surface area contributed by atoms with E-state index in [0.29, 0.717) is 6.42 Å². The van der Waals surface area contributed by atoms with Crippen LogP contribution in [0.3, 0.4) is 0 Å². The van der Waals surface area contributed by atoms with Crippen LogP contribution in [0.4, 0.5) is 0 Å². The van der Waals surface area contributed by atoms with Gasteiger partial charge in [0.05, 0.1) is 6.10 Å². The van der Waals surface area contributed by atoms with E-state index in [1.165, 1.54) is 19.9 Å². The first-order chi connectivity index (χ1) is 9.74. The number of rotatable bonds is 3. The lowest BCUT2D eigenvalue weighted by Crippen LogP contribution is -2.02. The molecule has 0 bridgehead atoms. The third-order valence-corrected chi connectivity index (χ3v) is 4.27. The summed E-state index contributed by atoms with van der Waals surface area (Å²) in [5.74, 6) is 0. The Labute approximate surface area is 132 Å². The van der Waals surface area contributed by atoms with Gasteiger partial charge in [-0.15, -0.1) is 0 Å². The van der Waals surface area contributed by atoms with E-state index >= 15 is 0 Å². The van der Waals surface area contributed by atoms with E-state index in [9.17, 15) is 5.11 Å². The summed E-state index contributed by atoms with van der Waals surface area (Å²) in [7, 11) is 0. The predicted molar refractivity (Wildman–Crippen MR) is 91.8 cm³/mol. The topological polar surface area (TPSA) is 20.2 Å². The Bertz CT molecular complexity index is 714. The lowest BCUT2D eigenvalue weighted by Gasteiger charge is -2.13. The van der Waals surface area contributed by atoms with Crippen LogP contribution in [0, 0.1) is 3.57 Å². The minimum atomic E-state index is -0.460. The molecule has 0 saturated carbocycles. The minimum absolute atomic E-state index is 0.460. The van der Waals surface area contributed by atoms with Gasteiger partial charge in [-0.3, -0.25) is 0 Å². The molecule has 1 unspecified atom stereocenters. The van der Waals surface area contributed by atoms with Gasteiger partial charge in [0.15, 0.2) is 0 Å². The number of aliphatic hydroxyl groups excluding tert-OH is 1. The predicted octanol–water partition coefficient (Wildman–Crippen LogP) is 4.72. The molecule has 0 saturated heterocycles. The third kappa shape index (κ3) is 2.86. The molecule has 0 aliphatic heterocycles. The Balaban J connectivity index is 1.91. The molecule has 0 aliphatic rings. The lowest BCUT2D eigenvalue weighted by atomic mass is 9.97. The Kier molecular flexibility index (Phi) is 4.03. The Morgan fingerprint density at radius 3 is 2.35 bits per heavy atom. The van der Waals surface area contributed by atoms with Gasteiger partial charge in [-0.25, -0.2) is 0 Å². The highest BCUT2D eigenvalue weighted by molar-refractivity contribution is 14.1. The van der Waals surface area contributed by atoms with Crippen molar-refractivity contribution in [1.82, 2.24) is 0 Å². The van der Waals surface area contributed by atoms with Crippen LogP contribution in [0.15, 0.2) is 66.7 Å². The molecular weight excluding hydrogens is 359 g/mol. The van der Waals surface area contributed by atoms with Gasteiger partial charge >= 0.3 is 0 Å². The molecule has 1 nitrogen and oxygen atoms in total. The standard InChI is InChI=1S/C18H15IO/c19-16-10-8-14(9-11-16)18(20)12-15-6-3-5-13-4-1-2-7-17(13)15/h1-11,18,20H,12H2. The number of aliphatic hydroxyl groups is 1. The zero-order valence-corrected chi connectivity index (χ0v) is 13.1. The molecule has 3 rings (SSSR count). The summed E-state index contributed by atoms with van der Waals surface area (Å²) in [5, 5.41) is 12.9.